The largest absolute Gasteiger partial charge is 0.324 e. The normalized spacial score (nSPS) is 21.1. The zero-order valence-electron chi connectivity index (χ0n) is 8.26. The van der Waals surface area contributed by atoms with Crippen LogP contribution in [0.1, 0.15) is 24.0 Å². The minimum Gasteiger partial charge on any atom is -0.324 e. The van der Waals surface area contributed by atoms with E-state index < -0.39 is 0 Å². The first-order valence-electron chi connectivity index (χ1n) is 4.89. The summed E-state index contributed by atoms with van der Waals surface area (Å²) in [5.41, 5.74) is 8.84. The van der Waals surface area contributed by atoms with Gasteiger partial charge in [-0.05, 0) is 48.6 Å². The molecular weight excluding hydrogens is 177 g/mol. The molecule has 2 N–H and O–H groups in total. The summed E-state index contributed by atoms with van der Waals surface area (Å²) in [4.78, 5) is 0. The number of nitrogens with two attached hydrogens (primary N) is 1. The van der Waals surface area contributed by atoms with Crippen LogP contribution in [0.4, 0.5) is 4.39 Å². The first-order valence-corrected chi connectivity index (χ1v) is 4.89. The number of hydrogen-bond acceptors (Lipinski definition) is 1. The van der Waals surface area contributed by atoms with Crippen molar-refractivity contribution in [3.8, 4) is 0 Å². The van der Waals surface area contributed by atoms with Gasteiger partial charge in [0.2, 0.25) is 0 Å². The fraction of sp³-hybridized carbons (Fsp3) is 0.333. The molecule has 1 nitrogen and oxygen atoms in total. The minimum absolute atomic E-state index is 0.142. The zero-order chi connectivity index (χ0) is 10.1. The van der Waals surface area contributed by atoms with Gasteiger partial charge < -0.3 is 5.73 Å². The summed E-state index contributed by atoms with van der Waals surface area (Å²) in [6.07, 6.45) is 4.09. The summed E-state index contributed by atoms with van der Waals surface area (Å²) >= 11 is 0. The lowest BCUT2D eigenvalue weighted by Gasteiger charge is -2.03. The molecule has 0 radical (unpaired) electrons. The summed E-state index contributed by atoms with van der Waals surface area (Å²) in [6, 6.07) is 5.41. The Morgan fingerprint density at radius 2 is 2.21 bits per heavy atom. The Balaban J connectivity index is 2.34. The highest BCUT2D eigenvalue weighted by molar-refractivity contribution is 5.68. The fourth-order valence-electron chi connectivity index (χ4n) is 1.83. The Labute approximate surface area is 83.4 Å². The van der Waals surface area contributed by atoms with Crippen molar-refractivity contribution in [2.24, 2.45) is 5.73 Å². The van der Waals surface area contributed by atoms with Gasteiger partial charge in [-0.2, -0.15) is 0 Å². The van der Waals surface area contributed by atoms with Gasteiger partial charge in [0, 0.05) is 6.04 Å². The second-order valence-corrected chi connectivity index (χ2v) is 3.86. The van der Waals surface area contributed by atoms with Gasteiger partial charge in [-0.3, -0.25) is 0 Å². The molecule has 1 atom stereocenters. The standard InChI is InChI=1S/C12H14FN/c1-8-6-9(3-5-12(8)13)10-2-4-11(14)7-10/h3,5-7,11H,2,4,14H2,1H3. The topological polar surface area (TPSA) is 26.0 Å². The van der Waals surface area contributed by atoms with Gasteiger partial charge in [0.15, 0.2) is 0 Å². The molecule has 1 aromatic rings. The van der Waals surface area contributed by atoms with E-state index in [1.165, 1.54) is 11.6 Å². The lowest BCUT2D eigenvalue weighted by molar-refractivity contribution is 0.618. The summed E-state index contributed by atoms with van der Waals surface area (Å²) in [5, 5.41) is 0. The molecule has 2 heteroatoms. The van der Waals surface area contributed by atoms with Gasteiger partial charge in [-0.1, -0.05) is 12.1 Å². The molecule has 0 aromatic heterocycles. The van der Waals surface area contributed by atoms with Crippen molar-refractivity contribution in [2.45, 2.75) is 25.8 Å². The molecule has 1 aliphatic carbocycles. The number of aryl methyl sites for hydroxylation is 1. The first kappa shape index (κ1) is 9.41. The summed E-state index contributed by atoms with van der Waals surface area (Å²) in [5.74, 6) is -0.142. The van der Waals surface area contributed by atoms with Crippen LogP contribution in [0.5, 0.6) is 0 Å². The monoisotopic (exact) mass is 191 g/mol. The minimum atomic E-state index is -0.142. The zero-order valence-corrected chi connectivity index (χ0v) is 8.26. The van der Waals surface area contributed by atoms with Crippen LogP contribution in [-0.4, -0.2) is 6.04 Å². The van der Waals surface area contributed by atoms with E-state index in [1.54, 1.807) is 6.92 Å². The van der Waals surface area contributed by atoms with Crippen LogP contribution >= 0.6 is 0 Å². The smallest absolute Gasteiger partial charge is 0.126 e. The molecule has 2 rings (SSSR count). The third-order valence-electron chi connectivity index (χ3n) is 2.69. The van der Waals surface area contributed by atoms with E-state index in [0.717, 1.165) is 18.4 Å². The summed E-state index contributed by atoms with van der Waals surface area (Å²) in [7, 11) is 0. The van der Waals surface area contributed by atoms with Crippen molar-refractivity contribution in [3.05, 3.63) is 41.2 Å². The van der Waals surface area contributed by atoms with Gasteiger partial charge in [-0.25, -0.2) is 4.39 Å². The highest BCUT2D eigenvalue weighted by Gasteiger charge is 2.13. The van der Waals surface area contributed by atoms with Crippen LogP contribution in [0.3, 0.4) is 0 Å². The van der Waals surface area contributed by atoms with Crippen LogP contribution in [0.2, 0.25) is 0 Å². The van der Waals surface area contributed by atoms with E-state index in [2.05, 4.69) is 6.08 Å². The number of halogens is 1. The lowest BCUT2D eigenvalue weighted by Crippen LogP contribution is -2.11. The van der Waals surface area contributed by atoms with E-state index in [4.69, 9.17) is 5.73 Å². The van der Waals surface area contributed by atoms with E-state index in [9.17, 15) is 4.39 Å². The molecule has 0 saturated heterocycles. The molecule has 0 bridgehead atoms. The van der Waals surface area contributed by atoms with Crippen molar-refractivity contribution in [3.63, 3.8) is 0 Å². The maximum Gasteiger partial charge on any atom is 0.126 e. The van der Waals surface area contributed by atoms with Crippen LogP contribution in [-0.2, 0) is 0 Å². The van der Waals surface area contributed by atoms with E-state index >= 15 is 0 Å². The lowest BCUT2D eigenvalue weighted by atomic mass is 10.0. The SMILES string of the molecule is Cc1cc(C2=CC(N)CC2)ccc1F. The van der Waals surface area contributed by atoms with Crippen LogP contribution in [0.25, 0.3) is 5.57 Å². The predicted molar refractivity (Wildman–Crippen MR) is 56.3 cm³/mol. The van der Waals surface area contributed by atoms with Gasteiger partial charge in [0.05, 0.1) is 0 Å². The Morgan fingerprint density at radius 1 is 1.43 bits per heavy atom. The van der Waals surface area contributed by atoms with Gasteiger partial charge in [-0.15, -0.1) is 0 Å². The molecule has 14 heavy (non-hydrogen) atoms. The second kappa shape index (κ2) is 3.54. The molecule has 0 aliphatic heterocycles. The van der Waals surface area contributed by atoms with Crippen molar-refractivity contribution >= 4 is 5.57 Å². The molecule has 0 spiro atoms. The highest BCUT2D eigenvalue weighted by Crippen LogP contribution is 2.27. The van der Waals surface area contributed by atoms with Crippen LogP contribution < -0.4 is 5.73 Å². The van der Waals surface area contributed by atoms with E-state index in [1.807, 2.05) is 12.1 Å². The van der Waals surface area contributed by atoms with Gasteiger partial charge in [0.25, 0.3) is 0 Å². The molecule has 1 aromatic carbocycles. The fourth-order valence-corrected chi connectivity index (χ4v) is 1.83. The average Bonchev–Trinajstić information content (AvgIpc) is 2.57. The number of rotatable bonds is 1. The highest BCUT2D eigenvalue weighted by atomic mass is 19.1. The molecule has 0 fully saturated rings. The molecule has 74 valence electrons. The van der Waals surface area contributed by atoms with Crippen molar-refractivity contribution in [1.82, 2.24) is 0 Å². The Bertz CT molecular complexity index is 382. The van der Waals surface area contributed by atoms with E-state index in [-0.39, 0.29) is 11.9 Å². The third-order valence-corrected chi connectivity index (χ3v) is 2.69. The van der Waals surface area contributed by atoms with Gasteiger partial charge >= 0.3 is 0 Å². The number of allylic oxidation sites excluding steroid dienone is 1. The maximum atomic E-state index is 13.0. The Morgan fingerprint density at radius 3 is 2.79 bits per heavy atom. The summed E-state index contributed by atoms with van der Waals surface area (Å²) < 4.78 is 13.0. The molecule has 0 amide bonds. The van der Waals surface area contributed by atoms with Crippen molar-refractivity contribution < 1.29 is 4.39 Å². The third kappa shape index (κ3) is 1.70. The Kier molecular flexibility index (Phi) is 2.38. The first-order chi connectivity index (χ1) is 6.66. The average molecular weight is 191 g/mol. The number of benzene rings is 1. The van der Waals surface area contributed by atoms with Crippen LogP contribution in [0.15, 0.2) is 24.3 Å². The molecule has 0 saturated carbocycles. The molecule has 1 unspecified atom stereocenters. The molecule has 1 aliphatic rings. The molecule has 0 heterocycles. The quantitative estimate of drug-likeness (QED) is 0.725. The predicted octanol–water partition coefficient (Wildman–Crippen LogP) is 2.64. The molecular formula is C12H14FN. The number of hydrogen-bond donors (Lipinski definition) is 1. The summed E-state index contributed by atoms with van der Waals surface area (Å²) in [6.45, 7) is 1.79. The van der Waals surface area contributed by atoms with Crippen molar-refractivity contribution in [1.29, 1.82) is 0 Å². The maximum absolute atomic E-state index is 13.0. The second-order valence-electron chi connectivity index (χ2n) is 3.86. The van der Waals surface area contributed by atoms with Crippen LogP contribution in [0, 0.1) is 12.7 Å². The van der Waals surface area contributed by atoms with E-state index in [0.29, 0.717) is 5.56 Å². The van der Waals surface area contributed by atoms with Gasteiger partial charge in [0.1, 0.15) is 5.82 Å². The van der Waals surface area contributed by atoms with Crippen molar-refractivity contribution in [2.75, 3.05) is 0 Å². The Hall–Kier alpha value is -1.15.